The van der Waals surface area contributed by atoms with E-state index in [1.54, 1.807) is 12.3 Å². The van der Waals surface area contributed by atoms with Crippen LogP contribution in [0.15, 0.2) is 24.4 Å². The van der Waals surface area contributed by atoms with Crippen molar-refractivity contribution in [3.63, 3.8) is 0 Å². The molecule has 1 N–H and O–H groups in total. The Morgan fingerprint density at radius 3 is 2.92 bits per heavy atom. The molecule has 1 aromatic carbocycles. The predicted octanol–water partition coefficient (Wildman–Crippen LogP) is 2.87. The van der Waals surface area contributed by atoms with E-state index in [9.17, 15) is 4.39 Å². The molecule has 0 aliphatic heterocycles. The first-order valence-electron chi connectivity index (χ1n) is 4.07. The van der Waals surface area contributed by atoms with Crippen molar-refractivity contribution in [2.24, 2.45) is 0 Å². The molecule has 1 aromatic heterocycles. The van der Waals surface area contributed by atoms with E-state index in [-0.39, 0.29) is 5.82 Å². The van der Waals surface area contributed by atoms with Crippen LogP contribution < -0.4 is 0 Å². The van der Waals surface area contributed by atoms with Crippen LogP contribution in [0.2, 0.25) is 0 Å². The molecule has 0 saturated heterocycles. The van der Waals surface area contributed by atoms with Crippen molar-refractivity contribution in [1.29, 1.82) is 0 Å². The van der Waals surface area contributed by atoms with Crippen molar-refractivity contribution in [3.8, 4) is 0 Å². The van der Waals surface area contributed by atoms with Gasteiger partial charge in [0.25, 0.3) is 0 Å². The molecule has 0 atom stereocenters. The average Bonchev–Trinajstić information content (AvgIpc) is 2.53. The van der Waals surface area contributed by atoms with Crippen molar-refractivity contribution in [2.75, 3.05) is 0 Å². The Morgan fingerprint density at radius 1 is 1.33 bits per heavy atom. The van der Waals surface area contributed by atoms with Gasteiger partial charge in [0.05, 0.1) is 0 Å². The first-order valence-corrected chi connectivity index (χ1v) is 4.07. The van der Waals surface area contributed by atoms with Crippen LogP contribution in [0.5, 0.6) is 0 Å². The van der Waals surface area contributed by atoms with Gasteiger partial charge in [0, 0.05) is 17.1 Å². The summed E-state index contributed by atoms with van der Waals surface area (Å²) >= 11 is 0. The Morgan fingerprint density at radius 2 is 2.17 bits per heavy atom. The van der Waals surface area contributed by atoms with E-state index in [4.69, 9.17) is 0 Å². The highest BCUT2D eigenvalue weighted by molar-refractivity contribution is 5.80. The molecule has 0 aliphatic rings. The molecule has 1 heterocycles. The van der Waals surface area contributed by atoms with Crippen molar-refractivity contribution in [1.82, 2.24) is 4.98 Å². The molecule has 2 rings (SSSR count). The lowest BCUT2D eigenvalue weighted by molar-refractivity contribution is 0.624. The van der Waals surface area contributed by atoms with E-state index in [2.05, 4.69) is 4.98 Å². The van der Waals surface area contributed by atoms with E-state index in [1.807, 2.05) is 19.1 Å². The number of benzene rings is 1. The molecule has 0 radical (unpaired) electrons. The van der Waals surface area contributed by atoms with Crippen LogP contribution in [0.25, 0.3) is 10.9 Å². The summed E-state index contributed by atoms with van der Waals surface area (Å²) in [6.07, 6.45) is 2.50. The summed E-state index contributed by atoms with van der Waals surface area (Å²) in [4.78, 5) is 2.97. The van der Waals surface area contributed by atoms with Crippen LogP contribution >= 0.6 is 0 Å². The highest BCUT2D eigenvalue weighted by Gasteiger charge is 2.05. The molecule has 62 valence electrons. The lowest BCUT2D eigenvalue weighted by Crippen LogP contribution is -1.87. The number of aryl methyl sites for hydroxylation is 1. The molecule has 1 nitrogen and oxygen atoms in total. The van der Waals surface area contributed by atoms with Crippen LogP contribution in [-0.2, 0) is 6.42 Å². The van der Waals surface area contributed by atoms with Crippen molar-refractivity contribution < 1.29 is 4.39 Å². The van der Waals surface area contributed by atoms with E-state index >= 15 is 0 Å². The minimum absolute atomic E-state index is 0.0868. The number of fused-ring (bicyclic) bond motifs is 1. The predicted molar refractivity (Wildman–Crippen MR) is 47.6 cm³/mol. The fraction of sp³-hybridized carbons (Fsp3) is 0.200. The van der Waals surface area contributed by atoms with Gasteiger partial charge in [0.1, 0.15) is 5.82 Å². The largest absolute Gasteiger partial charge is 0.361 e. The number of nitrogens with one attached hydrogen (secondary N) is 1. The highest BCUT2D eigenvalue weighted by atomic mass is 19.1. The molecule has 0 aliphatic carbocycles. The SMILES string of the molecule is CCc1ccc2[nH]ccc2c1F. The standard InChI is InChI=1S/C10H10FN/c1-2-7-3-4-9-8(10(7)11)5-6-12-9/h3-6,12H,2H2,1H3. The lowest BCUT2D eigenvalue weighted by atomic mass is 10.1. The summed E-state index contributed by atoms with van der Waals surface area (Å²) in [6, 6.07) is 5.51. The molecule has 0 amide bonds. The van der Waals surface area contributed by atoms with Gasteiger partial charge < -0.3 is 4.98 Å². The maximum atomic E-state index is 13.5. The van der Waals surface area contributed by atoms with Gasteiger partial charge in [-0.1, -0.05) is 13.0 Å². The van der Waals surface area contributed by atoms with E-state index in [0.29, 0.717) is 5.39 Å². The van der Waals surface area contributed by atoms with Crippen LogP contribution in [0.4, 0.5) is 4.39 Å². The number of H-pyrrole nitrogens is 1. The topological polar surface area (TPSA) is 15.8 Å². The second kappa shape index (κ2) is 2.63. The number of hydrogen-bond donors (Lipinski definition) is 1. The summed E-state index contributed by atoms with van der Waals surface area (Å²) in [7, 11) is 0. The van der Waals surface area contributed by atoms with Crippen LogP contribution in [0.1, 0.15) is 12.5 Å². The van der Waals surface area contributed by atoms with Gasteiger partial charge in [-0.05, 0) is 24.1 Å². The van der Waals surface area contributed by atoms with Gasteiger partial charge in [-0.15, -0.1) is 0 Å². The number of hydrogen-bond acceptors (Lipinski definition) is 0. The second-order valence-electron chi connectivity index (χ2n) is 2.83. The minimum Gasteiger partial charge on any atom is -0.361 e. The molecule has 0 bridgehead atoms. The van der Waals surface area contributed by atoms with Crippen molar-refractivity contribution >= 4 is 10.9 Å². The normalized spacial score (nSPS) is 10.8. The average molecular weight is 163 g/mol. The number of aromatic amines is 1. The monoisotopic (exact) mass is 163 g/mol. The zero-order chi connectivity index (χ0) is 8.55. The minimum atomic E-state index is -0.0868. The molecule has 0 saturated carbocycles. The Hall–Kier alpha value is -1.31. The Bertz CT molecular complexity index is 403. The number of aromatic nitrogens is 1. The van der Waals surface area contributed by atoms with Gasteiger partial charge >= 0.3 is 0 Å². The van der Waals surface area contributed by atoms with Gasteiger partial charge in [-0.25, -0.2) is 4.39 Å². The molecule has 0 unspecified atom stereocenters. The summed E-state index contributed by atoms with van der Waals surface area (Å²) < 4.78 is 13.5. The fourth-order valence-corrected chi connectivity index (χ4v) is 1.41. The first-order chi connectivity index (χ1) is 5.83. The molecular weight excluding hydrogens is 153 g/mol. The fourth-order valence-electron chi connectivity index (χ4n) is 1.41. The van der Waals surface area contributed by atoms with Gasteiger partial charge in [-0.3, -0.25) is 0 Å². The smallest absolute Gasteiger partial charge is 0.135 e. The summed E-state index contributed by atoms with van der Waals surface area (Å²) in [5.74, 6) is -0.0868. The number of halogens is 1. The van der Waals surface area contributed by atoms with Gasteiger partial charge in [-0.2, -0.15) is 0 Å². The lowest BCUT2D eigenvalue weighted by Gasteiger charge is -1.99. The van der Waals surface area contributed by atoms with Gasteiger partial charge in [0.15, 0.2) is 0 Å². The maximum Gasteiger partial charge on any atom is 0.135 e. The van der Waals surface area contributed by atoms with Gasteiger partial charge in [0.2, 0.25) is 0 Å². The summed E-state index contributed by atoms with van der Waals surface area (Å²) in [5.41, 5.74) is 1.65. The van der Waals surface area contributed by atoms with Crippen LogP contribution in [-0.4, -0.2) is 4.98 Å². The third-order valence-corrected chi connectivity index (χ3v) is 2.13. The molecule has 0 fully saturated rings. The Balaban J connectivity index is 2.78. The first kappa shape index (κ1) is 7.35. The molecule has 2 aromatic rings. The van der Waals surface area contributed by atoms with Crippen molar-refractivity contribution in [2.45, 2.75) is 13.3 Å². The van der Waals surface area contributed by atoms with E-state index < -0.39 is 0 Å². The molecule has 0 spiro atoms. The van der Waals surface area contributed by atoms with Crippen LogP contribution in [0, 0.1) is 5.82 Å². The maximum absolute atomic E-state index is 13.5. The number of rotatable bonds is 1. The molecular formula is C10H10FN. The quantitative estimate of drug-likeness (QED) is 0.665. The van der Waals surface area contributed by atoms with E-state index in [0.717, 1.165) is 17.5 Å². The molecule has 12 heavy (non-hydrogen) atoms. The molecule has 2 heteroatoms. The zero-order valence-corrected chi connectivity index (χ0v) is 6.89. The second-order valence-corrected chi connectivity index (χ2v) is 2.83. The Labute approximate surface area is 70.2 Å². The Kier molecular flexibility index (Phi) is 1.61. The third kappa shape index (κ3) is 0.916. The van der Waals surface area contributed by atoms with Crippen LogP contribution in [0.3, 0.4) is 0 Å². The van der Waals surface area contributed by atoms with E-state index in [1.165, 1.54) is 0 Å². The van der Waals surface area contributed by atoms with Crippen molar-refractivity contribution in [3.05, 3.63) is 35.8 Å². The summed E-state index contributed by atoms with van der Waals surface area (Å²) in [6.45, 7) is 1.96. The summed E-state index contributed by atoms with van der Waals surface area (Å²) in [5, 5.41) is 0.689. The third-order valence-electron chi connectivity index (χ3n) is 2.13. The highest BCUT2D eigenvalue weighted by Crippen LogP contribution is 2.19. The zero-order valence-electron chi connectivity index (χ0n) is 6.89.